The molecule has 1 aliphatic rings. The van der Waals surface area contributed by atoms with E-state index in [1.165, 1.54) is 39.0 Å². The van der Waals surface area contributed by atoms with Crippen LogP contribution in [0.4, 0.5) is 5.69 Å². The largest absolute Gasteiger partial charge is 0.326 e. The Morgan fingerprint density at radius 2 is 1.52 bits per heavy atom. The first kappa shape index (κ1) is 28.0. The number of amides is 1. The van der Waals surface area contributed by atoms with E-state index in [9.17, 15) is 4.79 Å². The molecule has 214 valence electrons. The number of hydrogen-bond acceptors (Lipinski definition) is 2. The van der Waals surface area contributed by atoms with Gasteiger partial charge in [-0.1, -0.05) is 92.7 Å². The second kappa shape index (κ2) is 12.8. The summed E-state index contributed by atoms with van der Waals surface area (Å²) in [6.07, 6.45) is 4.49. The van der Waals surface area contributed by atoms with E-state index in [1.807, 2.05) is 19.9 Å². The third kappa shape index (κ3) is 6.05. The van der Waals surface area contributed by atoms with Gasteiger partial charge in [0.25, 0.3) is 0 Å². The average Bonchev–Trinajstić information content (AvgIpc) is 3.36. The van der Waals surface area contributed by atoms with Crippen LogP contribution in [0.15, 0.2) is 109 Å². The molecule has 6 rings (SSSR count). The van der Waals surface area contributed by atoms with Gasteiger partial charge in [-0.3, -0.25) is 4.79 Å². The molecule has 0 aliphatic carbocycles. The van der Waals surface area contributed by atoms with Crippen LogP contribution in [0.25, 0.3) is 27.8 Å². The zero-order chi connectivity index (χ0) is 28.9. The van der Waals surface area contributed by atoms with Gasteiger partial charge in [0, 0.05) is 22.7 Å². The lowest BCUT2D eigenvalue weighted by Crippen LogP contribution is -2.33. The van der Waals surface area contributed by atoms with Crippen molar-refractivity contribution in [2.45, 2.75) is 45.4 Å². The van der Waals surface area contributed by atoms with Crippen molar-refractivity contribution in [3.63, 3.8) is 0 Å². The molecule has 5 aromatic rings. The Kier molecular flexibility index (Phi) is 8.52. The van der Waals surface area contributed by atoms with Crippen molar-refractivity contribution in [3.05, 3.63) is 120 Å². The van der Waals surface area contributed by atoms with Crippen LogP contribution >= 0.6 is 0 Å². The van der Waals surface area contributed by atoms with Gasteiger partial charge < -0.3 is 14.8 Å². The molecule has 1 aromatic heterocycles. The van der Waals surface area contributed by atoms with Gasteiger partial charge in [0.05, 0.1) is 11.2 Å². The zero-order valence-corrected chi connectivity index (χ0v) is 24.8. The van der Waals surface area contributed by atoms with Crippen LogP contribution in [0.2, 0.25) is 0 Å². The number of aryl methyl sites for hydroxylation is 1. The number of nitrogens with one attached hydrogen (secondary N) is 1. The minimum atomic E-state index is -0.0180. The van der Waals surface area contributed by atoms with Crippen LogP contribution < -0.4 is 5.32 Å². The molecule has 42 heavy (non-hydrogen) atoms. The first-order chi connectivity index (χ1) is 20.6. The lowest BCUT2D eigenvalue weighted by molar-refractivity contribution is -0.118. The van der Waals surface area contributed by atoms with Gasteiger partial charge in [0.2, 0.25) is 5.91 Å². The summed E-state index contributed by atoms with van der Waals surface area (Å²) >= 11 is 0. The maximum atomic E-state index is 12.2. The van der Waals surface area contributed by atoms with Gasteiger partial charge >= 0.3 is 0 Å². The van der Waals surface area contributed by atoms with E-state index in [4.69, 9.17) is 0 Å². The highest BCUT2D eigenvalue weighted by Gasteiger charge is 2.23. The number of hydrogen-bond donors (Lipinski definition) is 1. The number of anilines is 1. The van der Waals surface area contributed by atoms with Crippen molar-refractivity contribution < 1.29 is 4.79 Å². The maximum absolute atomic E-state index is 12.2. The van der Waals surface area contributed by atoms with Gasteiger partial charge in [0.15, 0.2) is 0 Å². The number of benzene rings is 4. The number of fused-ring (bicyclic) bond motifs is 1. The molecule has 4 aromatic carbocycles. The first-order valence-corrected chi connectivity index (χ1v) is 15.4. The number of rotatable bonds is 9. The number of para-hydroxylation sites is 2. The summed E-state index contributed by atoms with van der Waals surface area (Å²) in [7, 11) is 0. The monoisotopic (exact) mass is 555 g/mol. The minimum absolute atomic E-state index is 0.0180. The summed E-state index contributed by atoms with van der Waals surface area (Å²) in [5, 5.41) is 4.41. The summed E-state index contributed by atoms with van der Waals surface area (Å²) < 4.78 is 2.45. The zero-order valence-electron chi connectivity index (χ0n) is 24.8. The van der Waals surface area contributed by atoms with Crippen LogP contribution in [0, 0.1) is 5.92 Å². The summed E-state index contributed by atoms with van der Waals surface area (Å²) in [5.41, 5.74) is 8.75. The fourth-order valence-electron chi connectivity index (χ4n) is 6.43. The van der Waals surface area contributed by atoms with Crippen molar-refractivity contribution in [2.24, 2.45) is 5.92 Å². The van der Waals surface area contributed by atoms with Crippen molar-refractivity contribution in [1.29, 1.82) is 0 Å². The first-order valence-electron chi connectivity index (χ1n) is 15.4. The number of carbonyl (C=O) groups is 1. The second-order valence-electron chi connectivity index (χ2n) is 11.9. The van der Waals surface area contributed by atoms with Crippen molar-refractivity contribution in [1.82, 2.24) is 9.47 Å². The normalized spacial score (nSPS) is 14.5. The number of aromatic nitrogens is 1. The Balaban J connectivity index is 1.16. The van der Waals surface area contributed by atoms with E-state index in [0.717, 1.165) is 51.0 Å². The second-order valence-corrected chi connectivity index (χ2v) is 11.9. The van der Waals surface area contributed by atoms with Crippen molar-refractivity contribution >= 4 is 22.5 Å². The van der Waals surface area contributed by atoms with E-state index in [2.05, 4.69) is 118 Å². The Labute approximate surface area is 250 Å². The molecular formula is C38H41N3O. The number of nitrogens with zero attached hydrogens (tertiary/aromatic N) is 2. The summed E-state index contributed by atoms with van der Waals surface area (Å²) in [6.45, 7) is 7.20. The van der Waals surface area contributed by atoms with Gasteiger partial charge in [-0.25, -0.2) is 0 Å². The highest BCUT2D eigenvalue weighted by atomic mass is 16.1. The van der Waals surface area contributed by atoms with Crippen molar-refractivity contribution in [2.75, 3.05) is 25.0 Å². The number of piperidine rings is 1. The van der Waals surface area contributed by atoms with E-state index in [1.54, 1.807) is 0 Å². The molecule has 0 atom stereocenters. The van der Waals surface area contributed by atoms with E-state index >= 15 is 0 Å². The summed E-state index contributed by atoms with van der Waals surface area (Å²) in [4.78, 5) is 14.8. The molecule has 4 nitrogen and oxygen atoms in total. The third-order valence-electron chi connectivity index (χ3n) is 8.68. The molecule has 1 fully saturated rings. The maximum Gasteiger partial charge on any atom is 0.226 e. The smallest absolute Gasteiger partial charge is 0.226 e. The molecule has 0 bridgehead atoms. The third-order valence-corrected chi connectivity index (χ3v) is 8.68. The van der Waals surface area contributed by atoms with E-state index < -0.39 is 0 Å². The SMILES string of the molecule is CC(C)C(=O)Nc1cccc(C2CCN(CCCc3c(-c4ccccc4)n(-c4ccccc4)c4ccccc34)CC2)c1. The Hall–Kier alpha value is -4.15. The molecule has 4 heteroatoms. The van der Waals surface area contributed by atoms with Crippen LogP contribution in [-0.4, -0.2) is 35.0 Å². The molecule has 1 aliphatic heterocycles. The van der Waals surface area contributed by atoms with Crippen molar-refractivity contribution in [3.8, 4) is 16.9 Å². The number of carbonyl (C=O) groups excluding carboxylic acids is 1. The highest BCUT2D eigenvalue weighted by molar-refractivity contribution is 5.94. The standard InChI is InChI=1S/C38H41N3O/c1-28(2)38(42)39-32-16-11-15-31(27-32)29-22-25-40(26-23-29)24-12-20-35-34-19-9-10-21-36(34)41(33-17-7-4-8-18-33)37(35)30-13-5-3-6-14-30/h3-11,13-19,21,27-29H,12,20,22-26H2,1-2H3,(H,39,42). The fraction of sp³-hybridized carbons (Fsp3) is 0.289. The van der Waals surface area contributed by atoms with Crippen LogP contribution in [-0.2, 0) is 11.2 Å². The quantitative estimate of drug-likeness (QED) is 0.197. The van der Waals surface area contributed by atoms with Gasteiger partial charge in [-0.15, -0.1) is 0 Å². The molecule has 0 unspecified atom stereocenters. The molecular weight excluding hydrogens is 514 g/mol. The molecule has 1 N–H and O–H groups in total. The highest BCUT2D eigenvalue weighted by Crippen LogP contribution is 2.37. The molecule has 0 saturated carbocycles. The average molecular weight is 556 g/mol. The fourth-order valence-corrected chi connectivity index (χ4v) is 6.43. The van der Waals surface area contributed by atoms with E-state index in [0.29, 0.717) is 5.92 Å². The molecule has 1 saturated heterocycles. The lowest BCUT2D eigenvalue weighted by atomic mass is 9.89. The van der Waals surface area contributed by atoms with Gasteiger partial charge in [-0.2, -0.15) is 0 Å². The predicted molar refractivity (Wildman–Crippen MR) is 175 cm³/mol. The Morgan fingerprint density at radius 1 is 0.833 bits per heavy atom. The Bertz CT molecular complexity index is 1630. The van der Waals surface area contributed by atoms with Crippen LogP contribution in [0.1, 0.15) is 50.2 Å². The topological polar surface area (TPSA) is 37.3 Å². The minimum Gasteiger partial charge on any atom is -0.326 e. The van der Waals surface area contributed by atoms with Gasteiger partial charge in [-0.05, 0) is 98.3 Å². The Morgan fingerprint density at radius 3 is 2.26 bits per heavy atom. The predicted octanol–water partition coefficient (Wildman–Crippen LogP) is 8.70. The van der Waals surface area contributed by atoms with Crippen LogP contribution in [0.5, 0.6) is 0 Å². The van der Waals surface area contributed by atoms with Gasteiger partial charge in [0.1, 0.15) is 0 Å². The molecule has 2 heterocycles. The molecule has 0 radical (unpaired) electrons. The summed E-state index contributed by atoms with van der Waals surface area (Å²) in [6, 6.07) is 39.0. The molecule has 1 amide bonds. The summed E-state index contributed by atoms with van der Waals surface area (Å²) in [5.74, 6) is 0.602. The molecule has 0 spiro atoms. The van der Waals surface area contributed by atoms with Crippen LogP contribution in [0.3, 0.4) is 0 Å². The lowest BCUT2D eigenvalue weighted by Gasteiger charge is -2.32. The van der Waals surface area contributed by atoms with E-state index in [-0.39, 0.29) is 11.8 Å². The number of likely N-dealkylation sites (tertiary alicyclic amines) is 1.